The van der Waals surface area contributed by atoms with E-state index in [4.69, 9.17) is 9.31 Å². The third-order valence-electron chi connectivity index (χ3n) is 6.16. The first kappa shape index (κ1) is 24.1. The molecule has 4 aromatic heterocycles. The molecule has 0 atom stereocenters. The van der Waals surface area contributed by atoms with Crippen molar-refractivity contribution < 1.29 is 9.31 Å². The van der Waals surface area contributed by atoms with Crippen LogP contribution in [0.25, 0.3) is 44.5 Å². The van der Waals surface area contributed by atoms with E-state index in [0.29, 0.717) is 11.5 Å². The van der Waals surface area contributed by atoms with Crippen LogP contribution in [-0.2, 0) is 0 Å². The fraction of sp³-hybridized carbons (Fsp3) is 0. The number of nitrogens with zero attached hydrogens (tertiary/aromatic N) is 4. The van der Waals surface area contributed by atoms with E-state index >= 15 is 0 Å². The topological polar surface area (TPSA) is 70.0 Å². The van der Waals surface area contributed by atoms with Gasteiger partial charge in [-0.15, -0.1) is 0 Å². The van der Waals surface area contributed by atoms with Crippen molar-refractivity contribution in [3.8, 4) is 56.0 Å². The van der Waals surface area contributed by atoms with Gasteiger partial charge in [0, 0.05) is 71.8 Å². The van der Waals surface area contributed by atoms with E-state index in [1.807, 2.05) is 97.6 Å². The lowest BCUT2D eigenvalue weighted by Gasteiger charge is -2.13. The Hall–Kier alpha value is -5.30. The minimum atomic E-state index is 0.631. The van der Waals surface area contributed by atoms with Crippen LogP contribution >= 0.6 is 0 Å². The highest BCUT2D eigenvalue weighted by Crippen LogP contribution is 2.33. The third-order valence-corrected chi connectivity index (χ3v) is 6.16. The van der Waals surface area contributed by atoms with Gasteiger partial charge in [-0.1, -0.05) is 24.3 Å². The van der Waals surface area contributed by atoms with Crippen LogP contribution in [0.2, 0.25) is 0 Å². The second kappa shape index (κ2) is 11.4. The molecule has 0 saturated carbocycles. The molecule has 6 nitrogen and oxygen atoms in total. The molecule has 0 spiro atoms. The summed E-state index contributed by atoms with van der Waals surface area (Å²) < 4.78 is 12.0. The second-order valence-corrected chi connectivity index (χ2v) is 8.79. The van der Waals surface area contributed by atoms with Crippen LogP contribution in [0.3, 0.4) is 0 Å². The largest absolute Gasteiger partial charge is 0.658 e. The molecule has 0 N–H and O–H groups in total. The lowest BCUT2D eigenvalue weighted by molar-refractivity contribution is 0.459. The highest BCUT2D eigenvalue weighted by molar-refractivity contribution is 6.20. The van der Waals surface area contributed by atoms with E-state index < -0.39 is 0 Å². The van der Waals surface area contributed by atoms with Gasteiger partial charge in [0.15, 0.2) is 0 Å². The van der Waals surface area contributed by atoms with E-state index in [1.165, 1.54) is 7.69 Å². The first-order valence-corrected chi connectivity index (χ1v) is 12.4. The zero-order valence-corrected chi connectivity index (χ0v) is 20.9. The molecule has 1 radical (unpaired) electrons. The van der Waals surface area contributed by atoms with Crippen LogP contribution in [0.5, 0.6) is 11.5 Å². The van der Waals surface area contributed by atoms with Crippen molar-refractivity contribution in [2.45, 2.75) is 0 Å². The van der Waals surface area contributed by atoms with E-state index in [-0.39, 0.29) is 0 Å². The van der Waals surface area contributed by atoms with Crippen LogP contribution < -0.4 is 9.31 Å². The Balaban J connectivity index is 1.29. The predicted octanol–water partition coefficient (Wildman–Crippen LogP) is 6.93. The summed E-state index contributed by atoms with van der Waals surface area (Å²) in [6.45, 7) is 0. The van der Waals surface area contributed by atoms with E-state index in [1.54, 1.807) is 24.8 Å². The Morgan fingerprint density at radius 3 is 0.949 bits per heavy atom. The summed E-state index contributed by atoms with van der Waals surface area (Å²) in [5.41, 5.74) is 7.85. The first-order chi connectivity index (χ1) is 19.3. The highest BCUT2D eigenvalue weighted by atomic mass is 16.6. The molecule has 4 heterocycles. The Morgan fingerprint density at radius 1 is 0.385 bits per heavy atom. The number of benzene rings is 2. The molecule has 2 aromatic carbocycles. The molecule has 0 bridgehead atoms. The van der Waals surface area contributed by atoms with Crippen molar-refractivity contribution in [3.63, 3.8) is 0 Å². The van der Waals surface area contributed by atoms with Crippen LogP contribution in [-0.4, -0.2) is 27.6 Å². The Bertz CT molecular complexity index is 1430. The summed E-state index contributed by atoms with van der Waals surface area (Å²) in [4.78, 5) is 17.1. The van der Waals surface area contributed by atoms with Gasteiger partial charge < -0.3 is 9.31 Å². The monoisotopic (exact) mass is 505 g/mol. The van der Waals surface area contributed by atoms with Crippen molar-refractivity contribution in [2.75, 3.05) is 0 Å². The lowest BCUT2D eigenvalue weighted by Crippen LogP contribution is -2.11. The smallest absolute Gasteiger partial charge is 0.526 e. The molecule has 0 aliphatic carbocycles. The first-order valence-electron chi connectivity index (χ1n) is 12.4. The van der Waals surface area contributed by atoms with Gasteiger partial charge in [0.1, 0.15) is 11.5 Å². The minimum Gasteiger partial charge on any atom is -0.526 e. The molecule has 0 amide bonds. The zero-order valence-electron chi connectivity index (χ0n) is 20.9. The standard InChI is InChI=1S/C32H22BN4O2/c1-5-23(19-34-9-1)27-13-28(24-6-2-10-35-20-24)16-31(15-27)38-33-39-32-17-29(25-7-3-11-36-21-25)14-30(18-32)26-8-4-12-37-22-26/h1-22H. The minimum absolute atomic E-state index is 0.631. The zero-order chi connectivity index (χ0) is 26.3. The summed E-state index contributed by atoms with van der Waals surface area (Å²) in [7, 11) is 1.35. The number of hydrogen-bond donors (Lipinski definition) is 0. The van der Waals surface area contributed by atoms with E-state index in [2.05, 4.69) is 32.1 Å². The summed E-state index contributed by atoms with van der Waals surface area (Å²) in [5.74, 6) is 1.26. The maximum atomic E-state index is 6.01. The summed E-state index contributed by atoms with van der Waals surface area (Å²) >= 11 is 0. The summed E-state index contributed by atoms with van der Waals surface area (Å²) in [6.07, 6.45) is 14.3. The van der Waals surface area contributed by atoms with Gasteiger partial charge in [-0.25, -0.2) is 0 Å². The molecule has 0 fully saturated rings. The van der Waals surface area contributed by atoms with Gasteiger partial charge in [-0.3, -0.25) is 19.9 Å². The van der Waals surface area contributed by atoms with E-state index in [9.17, 15) is 0 Å². The van der Waals surface area contributed by atoms with Gasteiger partial charge in [0.2, 0.25) is 0 Å². The number of rotatable bonds is 8. The molecule has 0 aliphatic rings. The SMILES string of the molecule is [B](Oc1cc(-c2cccnc2)cc(-c2cccnc2)c1)Oc1cc(-c2cccnc2)cc(-c2cccnc2)c1. The van der Waals surface area contributed by atoms with Crippen LogP contribution in [0.4, 0.5) is 0 Å². The molecule has 6 aromatic rings. The molecular weight excluding hydrogens is 483 g/mol. The van der Waals surface area contributed by atoms with Crippen molar-refractivity contribution >= 4 is 7.69 Å². The highest BCUT2D eigenvalue weighted by Gasteiger charge is 2.11. The van der Waals surface area contributed by atoms with Crippen LogP contribution in [0.1, 0.15) is 0 Å². The fourth-order valence-corrected chi connectivity index (χ4v) is 4.27. The van der Waals surface area contributed by atoms with Crippen LogP contribution in [0, 0.1) is 0 Å². The Labute approximate surface area is 227 Å². The van der Waals surface area contributed by atoms with Crippen molar-refractivity contribution in [1.29, 1.82) is 0 Å². The van der Waals surface area contributed by atoms with Gasteiger partial charge >= 0.3 is 7.69 Å². The van der Waals surface area contributed by atoms with Crippen molar-refractivity contribution in [2.24, 2.45) is 0 Å². The van der Waals surface area contributed by atoms with Crippen molar-refractivity contribution in [1.82, 2.24) is 19.9 Å². The predicted molar refractivity (Wildman–Crippen MR) is 153 cm³/mol. The van der Waals surface area contributed by atoms with Crippen LogP contribution in [0.15, 0.2) is 135 Å². The van der Waals surface area contributed by atoms with Crippen molar-refractivity contribution in [3.05, 3.63) is 135 Å². The Kier molecular flexibility index (Phi) is 7.03. The molecular formula is C32H22BN4O2. The third kappa shape index (κ3) is 5.83. The second-order valence-electron chi connectivity index (χ2n) is 8.79. The molecule has 39 heavy (non-hydrogen) atoms. The summed E-state index contributed by atoms with van der Waals surface area (Å²) in [6, 6.07) is 27.8. The molecule has 0 unspecified atom stereocenters. The molecule has 185 valence electrons. The van der Waals surface area contributed by atoms with Gasteiger partial charge in [-0.2, -0.15) is 0 Å². The fourth-order valence-electron chi connectivity index (χ4n) is 4.27. The molecule has 0 aliphatic heterocycles. The maximum absolute atomic E-state index is 6.01. The molecule has 6 rings (SSSR count). The average molecular weight is 505 g/mol. The average Bonchev–Trinajstić information content (AvgIpc) is 3.02. The molecule has 7 heteroatoms. The lowest BCUT2D eigenvalue weighted by atomic mass is 10.00. The van der Waals surface area contributed by atoms with Gasteiger partial charge in [-0.05, 0) is 82.9 Å². The number of pyridine rings is 4. The Morgan fingerprint density at radius 2 is 0.692 bits per heavy atom. The molecule has 0 saturated heterocycles. The normalized spacial score (nSPS) is 10.6. The number of aromatic nitrogens is 4. The quantitative estimate of drug-likeness (QED) is 0.209. The van der Waals surface area contributed by atoms with E-state index in [0.717, 1.165) is 44.5 Å². The number of hydrogen-bond acceptors (Lipinski definition) is 6. The summed E-state index contributed by atoms with van der Waals surface area (Å²) in [5, 5.41) is 0. The van der Waals surface area contributed by atoms with Gasteiger partial charge in [0.25, 0.3) is 0 Å². The van der Waals surface area contributed by atoms with Gasteiger partial charge in [0.05, 0.1) is 0 Å². The maximum Gasteiger partial charge on any atom is 0.658 e.